The Morgan fingerprint density at radius 2 is 1.73 bits per heavy atom. The van der Waals surface area contributed by atoms with Crippen LogP contribution in [-0.4, -0.2) is 10.7 Å². The fourth-order valence-electron chi connectivity index (χ4n) is 6.59. The smallest absolute Gasteiger partial charge is 0.0657 e. The average Bonchev–Trinajstić information content (AvgIpc) is 2.76. The molecule has 4 aliphatic carbocycles. The predicted octanol–water partition coefficient (Wildman–Crippen LogP) is 5.26. The molecule has 4 aliphatic rings. The van der Waals surface area contributed by atoms with Crippen molar-refractivity contribution in [2.45, 2.75) is 78.2 Å². The Kier molecular flexibility index (Phi) is 3.07. The van der Waals surface area contributed by atoms with Crippen LogP contribution < -0.4 is 0 Å². The van der Waals surface area contributed by atoms with Gasteiger partial charge in [-0.05, 0) is 87.4 Å². The second kappa shape index (κ2) is 4.50. The van der Waals surface area contributed by atoms with Gasteiger partial charge in [-0.1, -0.05) is 37.1 Å². The Hall–Kier alpha value is -0.560. The summed E-state index contributed by atoms with van der Waals surface area (Å²) >= 11 is 0. The van der Waals surface area contributed by atoms with E-state index in [0.29, 0.717) is 10.8 Å². The fraction of sp³-hybridized carbons (Fsp3) is 0.810. The number of hydrogen-bond donors (Lipinski definition) is 1. The highest BCUT2D eigenvalue weighted by molar-refractivity contribution is 5.30. The average molecular weight is 300 g/mol. The third kappa shape index (κ3) is 1.87. The van der Waals surface area contributed by atoms with Crippen molar-refractivity contribution in [2.24, 2.45) is 28.6 Å². The molecule has 6 atom stereocenters. The van der Waals surface area contributed by atoms with Crippen molar-refractivity contribution in [3.63, 3.8) is 0 Å². The number of aliphatic hydroxyl groups is 1. The van der Waals surface area contributed by atoms with E-state index in [9.17, 15) is 5.11 Å². The molecule has 0 amide bonds. The SMILES string of the molecule is CC1=CCC2C3CC=C4C[C@](C)(O)CCC4(C)C3CCC12C. The third-order valence-electron chi connectivity index (χ3n) is 8.35. The van der Waals surface area contributed by atoms with E-state index in [0.717, 1.165) is 30.6 Å². The molecule has 0 heterocycles. The lowest BCUT2D eigenvalue weighted by Crippen LogP contribution is -2.51. The van der Waals surface area contributed by atoms with Crippen LogP contribution in [0.3, 0.4) is 0 Å². The maximum absolute atomic E-state index is 10.5. The summed E-state index contributed by atoms with van der Waals surface area (Å²) in [6.45, 7) is 9.44. The Labute approximate surface area is 135 Å². The molecule has 0 radical (unpaired) electrons. The Balaban J connectivity index is 1.68. The Morgan fingerprint density at radius 1 is 0.955 bits per heavy atom. The first-order valence-corrected chi connectivity index (χ1v) is 9.35. The van der Waals surface area contributed by atoms with Crippen molar-refractivity contribution >= 4 is 0 Å². The first kappa shape index (κ1) is 15.0. The standard InChI is InChI=1S/C21H32O/c1-14-5-8-17-16-7-6-15-13-19(2,22)11-12-21(15,4)18(16)9-10-20(14,17)3/h5-6,16-18,22H,7-13H2,1-4H3/t16?,17?,18?,19-,20?,21?/m1/s1. The minimum Gasteiger partial charge on any atom is -0.390 e. The fourth-order valence-corrected chi connectivity index (χ4v) is 6.59. The van der Waals surface area contributed by atoms with Gasteiger partial charge in [-0.3, -0.25) is 0 Å². The van der Waals surface area contributed by atoms with Gasteiger partial charge < -0.3 is 5.11 Å². The molecule has 1 N–H and O–H groups in total. The topological polar surface area (TPSA) is 20.2 Å². The summed E-state index contributed by atoms with van der Waals surface area (Å²) in [5, 5.41) is 10.5. The normalized spacial score (nSPS) is 54.0. The zero-order chi connectivity index (χ0) is 15.8. The number of allylic oxidation sites excluding steroid dienone is 3. The summed E-state index contributed by atoms with van der Waals surface area (Å²) in [6.07, 6.45) is 13.5. The monoisotopic (exact) mass is 300 g/mol. The molecule has 4 rings (SSSR count). The lowest BCUT2D eigenvalue weighted by molar-refractivity contribution is -0.0519. The molecule has 0 bridgehead atoms. The van der Waals surface area contributed by atoms with Gasteiger partial charge in [-0.2, -0.15) is 0 Å². The predicted molar refractivity (Wildman–Crippen MR) is 91.5 cm³/mol. The van der Waals surface area contributed by atoms with E-state index in [1.165, 1.54) is 32.1 Å². The molecule has 0 spiro atoms. The molecule has 0 saturated heterocycles. The number of fused-ring (bicyclic) bond motifs is 5. The molecule has 0 aromatic carbocycles. The first-order valence-electron chi connectivity index (χ1n) is 9.35. The van der Waals surface area contributed by atoms with Gasteiger partial charge in [0, 0.05) is 0 Å². The van der Waals surface area contributed by atoms with Crippen molar-refractivity contribution in [3.8, 4) is 0 Å². The van der Waals surface area contributed by atoms with Gasteiger partial charge in [-0.15, -0.1) is 0 Å². The van der Waals surface area contributed by atoms with Crippen LogP contribution in [0.1, 0.15) is 72.6 Å². The summed E-state index contributed by atoms with van der Waals surface area (Å²) in [4.78, 5) is 0. The zero-order valence-corrected chi connectivity index (χ0v) is 14.8. The quantitative estimate of drug-likeness (QED) is 0.605. The van der Waals surface area contributed by atoms with E-state index in [1.807, 2.05) is 6.92 Å². The summed E-state index contributed by atoms with van der Waals surface area (Å²) in [5.41, 5.74) is 3.61. The molecular weight excluding hydrogens is 268 g/mol. The van der Waals surface area contributed by atoms with Crippen LogP contribution in [-0.2, 0) is 0 Å². The minimum atomic E-state index is -0.465. The van der Waals surface area contributed by atoms with Crippen LogP contribution in [0.4, 0.5) is 0 Å². The van der Waals surface area contributed by atoms with Crippen molar-refractivity contribution in [2.75, 3.05) is 0 Å². The van der Waals surface area contributed by atoms with Gasteiger partial charge in [0.25, 0.3) is 0 Å². The van der Waals surface area contributed by atoms with Crippen molar-refractivity contribution in [3.05, 3.63) is 23.3 Å². The number of hydrogen-bond acceptors (Lipinski definition) is 1. The molecule has 122 valence electrons. The molecule has 0 aliphatic heterocycles. The minimum absolute atomic E-state index is 0.364. The van der Waals surface area contributed by atoms with Gasteiger partial charge in [0.2, 0.25) is 0 Å². The van der Waals surface area contributed by atoms with E-state index in [1.54, 1.807) is 11.1 Å². The van der Waals surface area contributed by atoms with Crippen molar-refractivity contribution in [1.29, 1.82) is 0 Å². The van der Waals surface area contributed by atoms with E-state index in [4.69, 9.17) is 0 Å². The zero-order valence-electron chi connectivity index (χ0n) is 14.8. The van der Waals surface area contributed by atoms with Crippen molar-refractivity contribution < 1.29 is 5.11 Å². The van der Waals surface area contributed by atoms with Crippen LogP contribution in [0.2, 0.25) is 0 Å². The summed E-state index contributed by atoms with van der Waals surface area (Å²) in [6, 6.07) is 0. The number of rotatable bonds is 0. The van der Waals surface area contributed by atoms with Crippen LogP contribution in [0.5, 0.6) is 0 Å². The van der Waals surface area contributed by atoms with Gasteiger partial charge in [0.05, 0.1) is 5.60 Å². The molecule has 1 heteroatoms. The van der Waals surface area contributed by atoms with Crippen molar-refractivity contribution in [1.82, 2.24) is 0 Å². The van der Waals surface area contributed by atoms with Gasteiger partial charge in [-0.25, -0.2) is 0 Å². The maximum Gasteiger partial charge on any atom is 0.0657 e. The highest BCUT2D eigenvalue weighted by atomic mass is 16.3. The summed E-state index contributed by atoms with van der Waals surface area (Å²) < 4.78 is 0. The van der Waals surface area contributed by atoms with Crippen LogP contribution >= 0.6 is 0 Å². The van der Waals surface area contributed by atoms with Crippen LogP contribution in [0.15, 0.2) is 23.3 Å². The van der Waals surface area contributed by atoms with Crippen LogP contribution in [0.25, 0.3) is 0 Å². The molecule has 5 unspecified atom stereocenters. The molecule has 1 nitrogen and oxygen atoms in total. The van der Waals surface area contributed by atoms with Gasteiger partial charge in [0.1, 0.15) is 0 Å². The van der Waals surface area contributed by atoms with E-state index < -0.39 is 5.60 Å². The van der Waals surface area contributed by atoms with Gasteiger partial charge in [0.15, 0.2) is 0 Å². The van der Waals surface area contributed by atoms with Gasteiger partial charge >= 0.3 is 0 Å². The summed E-state index contributed by atoms with van der Waals surface area (Å²) in [5.74, 6) is 2.58. The van der Waals surface area contributed by atoms with E-state index in [-0.39, 0.29) is 0 Å². The molecule has 0 aromatic rings. The van der Waals surface area contributed by atoms with E-state index >= 15 is 0 Å². The summed E-state index contributed by atoms with van der Waals surface area (Å²) in [7, 11) is 0. The molecular formula is C21H32O. The second-order valence-corrected chi connectivity index (χ2v) is 9.51. The first-order chi connectivity index (χ1) is 10.3. The molecule has 2 fully saturated rings. The van der Waals surface area contributed by atoms with E-state index in [2.05, 4.69) is 32.9 Å². The highest BCUT2D eigenvalue weighted by Crippen LogP contribution is 2.65. The lowest BCUT2D eigenvalue weighted by Gasteiger charge is -2.58. The molecule has 0 aromatic heterocycles. The largest absolute Gasteiger partial charge is 0.390 e. The Morgan fingerprint density at radius 3 is 2.50 bits per heavy atom. The second-order valence-electron chi connectivity index (χ2n) is 9.51. The molecule has 2 saturated carbocycles. The Bertz CT molecular complexity index is 554. The third-order valence-corrected chi connectivity index (χ3v) is 8.35. The highest BCUT2D eigenvalue weighted by Gasteiger charge is 2.56. The lowest BCUT2D eigenvalue weighted by atomic mass is 9.47. The van der Waals surface area contributed by atoms with Crippen LogP contribution in [0, 0.1) is 28.6 Å². The maximum atomic E-state index is 10.5. The molecule has 22 heavy (non-hydrogen) atoms.